The van der Waals surface area contributed by atoms with E-state index in [9.17, 15) is 0 Å². The van der Waals surface area contributed by atoms with E-state index in [2.05, 4.69) is 57.9 Å². The molecule has 19 heavy (non-hydrogen) atoms. The maximum Gasteiger partial charge on any atom is 0.207 e. The highest BCUT2D eigenvalue weighted by Gasteiger charge is 2.05. The van der Waals surface area contributed by atoms with Crippen LogP contribution in [0.4, 0.5) is 11.6 Å². The third-order valence-corrected chi connectivity index (χ3v) is 2.95. The van der Waals surface area contributed by atoms with Gasteiger partial charge in [-0.15, -0.1) is 0 Å². The smallest absolute Gasteiger partial charge is 0.207 e. The summed E-state index contributed by atoms with van der Waals surface area (Å²) in [4.78, 5) is 6.46. The summed E-state index contributed by atoms with van der Waals surface area (Å²) in [5.41, 5.74) is 2.31. The summed E-state index contributed by atoms with van der Waals surface area (Å²) in [6, 6.07) is 8.44. The molecule has 1 aromatic carbocycles. The van der Waals surface area contributed by atoms with Gasteiger partial charge in [-0.25, -0.2) is 4.98 Å². The minimum Gasteiger partial charge on any atom is -0.378 e. The molecule has 0 unspecified atom stereocenters. The third-order valence-electron chi connectivity index (χ3n) is 2.95. The van der Waals surface area contributed by atoms with Gasteiger partial charge in [0.05, 0.1) is 0 Å². The Hall–Kier alpha value is -1.97. The summed E-state index contributed by atoms with van der Waals surface area (Å²) in [5, 5.41) is 3.37. The van der Waals surface area contributed by atoms with Crippen LogP contribution in [-0.2, 0) is 0 Å². The van der Waals surface area contributed by atoms with E-state index in [-0.39, 0.29) is 0 Å². The van der Waals surface area contributed by atoms with Crippen LogP contribution in [0.25, 0.3) is 5.69 Å². The van der Waals surface area contributed by atoms with Crippen LogP contribution in [0.1, 0.15) is 13.8 Å². The van der Waals surface area contributed by atoms with Crippen LogP contribution in [0.5, 0.6) is 0 Å². The van der Waals surface area contributed by atoms with E-state index in [1.807, 2.05) is 26.5 Å². The van der Waals surface area contributed by atoms with E-state index in [1.165, 1.54) is 5.69 Å². The average molecular weight is 258 g/mol. The lowest BCUT2D eigenvalue weighted by Gasteiger charge is -2.14. The molecule has 2 rings (SSSR count). The topological polar surface area (TPSA) is 33.1 Å². The number of benzene rings is 1. The van der Waals surface area contributed by atoms with Crippen molar-refractivity contribution in [2.24, 2.45) is 5.92 Å². The van der Waals surface area contributed by atoms with Gasteiger partial charge in [0.25, 0.3) is 0 Å². The summed E-state index contributed by atoms with van der Waals surface area (Å²) in [6.45, 7) is 5.30. The van der Waals surface area contributed by atoms with Gasteiger partial charge in [-0.2, -0.15) is 0 Å². The zero-order valence-electron chi connectivity index (χ0n) is 12.1. The van der Waals surface area contributed by atoms with Crippen molar-refractivity contribution < 1.29 is 0 Å². The lowest BCUT2D eigenvalue weighted by Crippen LogP contribution is -2.12. The van der Waals surface area contributed by atoms with Gasteiger partial charge in [0.1, 0.15) is 0 Å². The number of nitrogens with zero attached hydrogens (tertiary/aromatic N) is 3. The van der Waals surface area contributed by atoms with E-state index in [0.717, 1.165) is 18.2 Å². The summed E-state index contributed by atoms with van der Waals surface area (Å²) < 4.78 is 2.07. The molecular formula is C15H22N4. The Morgan fingerprint density at radius 1 is 1.21 bits per heavy atom. The van der Waals surface area contributed by atoms with Crippen molar-refractivity contribution in [3.8, 4) is 5.69 Å². The molecule has 102 valence electrons. The van der Waals surface area contributed by atoms with Gasteiger partial charge in [-0.05, 0) is 30.2 Å². The van der Waals surface area contributed by atoms with Gasteiger partial charge in [0.15, 0.2) is 0 Å². The summed E-state index contributed by atoms with van der Waals surface area (Å²) in [6.07, 6.45) is 3.80. The molecular weight excluding hydrogens is 236 g/mol. The SMILES string of the molecule is CC(C)CNc1nccn1-c1ccc(N(C)C)cc1. The van der Waals surface area contributed by atoms with E-state index in [1.54, 1.807) is 0 Å². The quantitative estimate of drug-likeness (QED) is 0.895. The highest BCUT2D eigenvalue weighted by Crippen LogP contribution is 2.18. The molecule has 1 N–H and O–H groups in total. The van der Waals surface area contributed by atoms with Crippen LogP contribution in [0, 0.1) is 5.92 Å². The highest BCUT2D eigenvalue weighted by molar-refractivity contribution is 5.51. The lowest BCUT2D eigenvalue weighted by atomic mass is 10.2. The van der Waals surface area contributed by atoms with Crippen LogP contribution in [0.2, 0.25) is 0 Å². The van der Waals surface area contributed by atoms with Crippen molar-refractivity contribution in [2.45, 2.75) is 13.8 Å². The van der Waals surface area contributed by atoms with E-state index in [0.29, 0.717) is 5.92 Å². The Labute approximate surface area is 115 Å². The van der Waals surface area contributed by atoms with Gasteiger partial charge < -0.3 is 10.2 Å². The van der Waals surface area contributed by atoms with Crippen LogP contribution in [0.3, 0.4) is 0 Å². The Bertz CT molecular complexity index is 511. The molecule has 0 saturated carbocycles. The van der Waals surface area contributed by atoms with E-state index in [4.69, 9.17) is 0 Å². The number of anilines is 2. The molecule has 1 aromatic heterocycles. The molecule has 1 heterocycles. The molecule has 0 saturated heterocycles. The number of hydrogen-bond donors (Lipinski definition) is 1. The monoisotopic (exact) mass is 258 g/mol. The molecule has 2 aromatic rings. The second-order valence-electron chi connectivity index (χ2n) is 5.31. The predicted octanol–water partition coefficient (Wildman–Crippen LogP) is 3.01. The highest BCUT2D eigenvalue weighted by atomic mass is 15.2. The zero-order chi connectivity index (χ0) is 13.8. The molecule has 4 nitrogen and oxygen atoms in total. The maximum atomic E-state index is 4.36. The second-order valence-corrected chi connectivity index (χ2v) is 5.31. The third kappa shape index (κ3) is 3.28. The van der Waals surface area contributed by atoms with Crippen LogP contribution in [0.15, 0.2) is 36.7 Å². The number of rotatable bonds is 5. The number of imidazole rings is 1. The van der Waals surface area contributed by atoms with Crippen molar-refractivity contribution in [2.75, 3.05) is 30.9 Å². The summed E-state index contributed by atoms with van der Waals surface area (Å²) >= 11 is 0. The van der Waals surface area contributed by atoms with Crippen molar-refractivity contribution in [3.05, 3.63) is 36.7 Å². The number of aromatic nitrogens is 2. The normalized spacial score (nSPS) is 10.8. The standard InChI is InChI=1S/C15H22N4/c1-12(2)11-17-15-16-9-10-19(15)14-7-5-13(6-8-14)18(3)4/h5-10,12H,11H2,1-4H3,(H,16,17). The Morgan fingerprint density at radius 3 is 2.47 bits per heavy atom. The molecule has 0 aliphatic carbocycles. The fourth-order valence-corrected chi connectivity index (χ4v) is 1.85. The molecule has 0 atom stereocenters. The minimum atomic E-state index is 0.598. The molecule has 0 aliphatic heterocycles. The maximum absolute atomic E-state index is 4.36. The van der Waals surface area contributed by atoms with Gasteiger partial charge >= 0.3 is 0 Å². The molecule has 0 fully saturated rings. The fourth-order valence-electron chi connectivity index (χ4n) is 1.85. The first-order chi connectivity index (χ1) is 9.08. The van der Waals surface area contributed by atoms with Gasteiger partial charge in [0, 0.05) is 44.4 Å². The summed E-state index contributed by atoms with van der Waals surface area (Å²) in [5.74, 6) is 1.49. The molecule has 0 spiro atoms. The molecule has 0 amide bonds. The minimum absolute atomic E-state index is 0.598. The van der Waals surface area contributed by atoms with Gasteiger partial charge in [0.2, 0.25) is 5.95 Å². The average Bonchev–Trinajstić information content (AvgIpc) is 2.84. The molecule has 0 radical (unpaired) electrons. The Kier molecular flexibility index (Phi) is 4.10. The number of nitrogens with one attached hydrogen (secondary N) is 1. The van der Waals surface area contributed by atoms with Crippen molar-refractivity contribution in [1.29, 1.82) is 0 Å². The largest absolute Gasteiger partial charge is 0.378 e. The van der Waals surface area contributed by atoms with E-state index < -0.39 is 0 Å². The summed E-state index contributed by atoms with van der Waals surface area (Å²) in [7, 11) is 4.09. The second kappa shape index (κ2) is 5.78. The molecule has 0 bridgehead atoms. The van der Waals surface area contributed by atoms with E-state index >= 15 is 0 Å². The van der Waals surface area contributed by atoms with Gasteiger partial charge in [-0.1, -0.05) is 13.8 Å². The Balaban J connectivity index is 2.19. The molecule has 4 heteroatoms. The van der Waals surface area contributed by atoms with Crippen LogP contribution in [-0.4, -0.2) is 30.2 Å². The van der Waals surface area contributed by atoms with Crippen molar-refractivity contribution >= 4 is 11.6 Å². The van der Waals surface area contributed by atoms with Gasteiger partial charge in [-0.3, -0.25) is 4.57 Å². The van der Waals surface area contributed by atoms with Crippen molar-refractivity contribution in [3.63, 3.8) is 0 Å². The first-order valence-electron chi connectivity index (χ1n) is 6.63. The first-order valence-corrected chi connectivity index (χ1v) is 6.63. The van der Waals surface area contributed by atoms with Crippen molar-refractivity contribution in [1.82, 2.24) is 9.55 Å². The Morgan fingerprint density at radius 2 is 1.89 bits per heavy atom. The van der Waals surface area contributed by atoms with Crippen LogP contribution < -0.4 is 10.2 Å². The number of hydrogen-bond acceptors (Lipinski definition) is 3. The van der Waals surface area contributed by atoms with Crippen LogP contribution >= 0.6 is 0 Å². The first kappa shape index (κ1) is 13.5. The fraction of sp³-hybridized carbons (Fsp3) is 0.400. The predicted molar refractivity (Wildman–Crippen MR) is 81.2 cm³/mol. The zero-order valence-corrected chi connectivity index (χ0v) is 12.1. The lowest BCUT2D eigenvalue weighted by molar-refractivity contribution is 0.683. The molecule has 0 aliphatic rings.